The second-order valence-electron chi connectivity index (χ2n) is 5.95. The fraction of sp³-hybridized carbons (Fsp3) is 0.444. The molecule has 2 rings (SSSR count). The summed E-state index contributed by atoms with van der Waals surface area (Å²) in [5, 5.41) is 5.11. The summed E-state index contributed by atoms with van der Waals surface area (Å²) in [4.78, 5) is 44.8. The average Bonchev–Trinajstić information content (AvgIpc) is 2.66. The Labute approximate surface area is 162 Å². The second-order valence-corrected chi connectivity index (χ2v) is 5.95. The molecule has 1 aromatic heterocycles. The van der Waals surface area contributed by atoms with Crippen LogP contribution in [0.1, 0.15) is 19.7 Å². The number of aromatic amines is 1. The molecular formula is C18H25N5O5. The molecule has 0 saturated heterocycles. The Morgan fingerprint density at radius 1 is 1.18 bits per heavy atom. The van der Waals surface area contributed by atoms with E-state index in [4.69, 9.17) is 9.47 Å². The number of nitrogens with one attached hydrogen (secondary N) is 3. The molecule has 1 aromatic carbocycles. The maximum absolute atomic E-state index is 12.4. The zero-order valence-corrected chi connectivity index (χ0v) is 16.4. The van der Waals surface area contributed by atoms with Crippen molar-refractivity contribution in [2.45, 2.75) is 20.4 Å². The molecule has 0 unspecified atom stereocenters. The summed E-state index contributed by atoms with van der Waals surface area (Å²) >= 11 is 0. The van der Waals surface area contributed by atoms with E-state index in [9.17, 15) is 14.4 Å². The molecule has 10 nitrogen and oxygen atoms in total. The molecule has 0 spiro atoms. The van der Waals surface area contributed by atoms with E-state index in [0.29, 0.717) is 41.3 Å². The Morgan fingerprint density at radius 3 is 2.46 bits per heavy atom. The number of ether oxygens (including phenoxy) is 2. The molecule has 28 heavy (non-hydrogen) atoms. The largest absolute Gasteiger partial charge is 0.493 e. The van der Waals surface area contributed by atoms with Crippen molar-refractivity contribution in [3.8, 4) is 11.5 Å². The van der Waals surface area contributed by atoms with Crippen molar-refractivity contribution in [2.24, 2.45) is 0 Å². The van der Waals surface area contributed by atoms with E-state index >= 15 is 0 Å². The number of nitrogens with zero attached hydrogens (tertiary/aromatic N) is 2. The fourth-order valence-electron chi connectivity index (χ4n) is 2.65. The van der Waals surface area contributed by atoms with Crippen LogP contribution >= 0.6 is 0 Å². The van der Waals surface area contributed by atoms with Crippen LogP contribution in [0.4, 0.5) is 4.79 Å². The van der Waals surface area contributed by atoms with Gasteiger partial charge in [0.25, 0.3) is 5.56 Å². The van der Waals surface area contributed by atoms with E-state index in [1.165, 1.54) is 14.2 Å². The quantitative estimate of drug-likeness (QED) is 0.602. The number of methoxy groups -OCH3 is 2. The van der Waals surface area contributed by atoms with E-state index in [1.54, 1.807) is 24.0 Å². The third kappa shape index (κ3) is 5.19. The maximum atomic E-state index is 12.4. The highest BCUT2D eigenvalue weighted by Crippen LogP contribution is 2.29. The van der Waals surface area contributed by atoms with Crippen molar-refractivity contribution in [1.82, 2.24) is 25.5 Å². The number of likely N-dealkylation sites (N-methyl/N-ethyl adjacent to an activating group) is 1. The van der Waals surface area contributed by atoms with Crippen LogP contribution in [-0.2, 0) is 11.3 Å². The van der Waals surface area contributed by atoms with Gasteiger partial charge in [0, 0.05) is 12.6 Å². The van der Waals surface area contributed by atoms with E-state index in [0.717, 1.165) is 0 Å². The van der Waals surface area contributed by atoms with E-state index in [1.807, 2.05) is 6.92 Å². The van der Waals surface area contributed by atoms with Gasteiger partial charge >= 0.3 is 6.03 Å². The third-order valence-corrected chi connectivity index (χ3v) is 4.04. The minimum Gasteiger partial charge on any atom is -0.493 e. The number of hydrogen-bond acceptors (Lipinski definition) is 7. The first-order valence-corrected chi connectivity index (χ1v) is 8.86. The van der Waals surface area contributed by atoms with Crippen molar-refractivity contribution < 1.29 is 19.1 Å². The molecule has 0 fully saturated rings. The molecule has 3 N–H and O–H groups in total. The minimum atomic E-state index is -0.540. The second kappa shape index (κ2) is 9.70. The van der Waals surface area contributed by atoms with Crippen LogP contribution in [0.5, 0.6) is 11.5 Å². The van der Waals surface area contributed by atoms with E-state index in [-0.39, 0.29) is 18.6 Å². The molecular weight excluding hydrogens is 366 g/mol. The van der Waals surface area contributed by atoms with Gasteiger partial charge in [0.05, 0.1) is 38.2 Å². The van der Waals surface area contributed by atoms with Gasteiger partial charge in [0.2, 0.25) is 5.91 Å². The van der Waals surface area contributed by atoms with Crippen LogP contribution in [0.3, 0.4) is 0 Å². The van der Waals surface area contributed by atoms with Gasteiger partial charge in [-0.25, -0.2) is 9.78 Å². The normalized spacial score (nSPS) is 10.8. The Bertz CT molecular complexity index is 911. The predicted octanol–water partition coefficient (Wildman–Crippen LogP) is 0.608. The molecule has 3 amide bonds. The lowest BCUT2D eigenvalue weighted by molar-refractivity contribution is -0.121. The first-order valence-electron chi connectivity index (χ1n) is 8.86. The molecule has 0 atom stereocenters. The first-order chi connectivity index (χ1) is 13.4. The molecule has 0 bridgehead atoms. The van der Waals surface area contributed by atoms with Crippen molar-refractivity contribution >= 4 is 22.8 Å². The van der Waals surface area contributed by atoms with Crippen LogP contribution in [0.2, 0.25) is 0 Å². The van der Waals surface area contributed by atoms with Gasteiger partial charge in [-0.3, -0.25) is 19.8 Å². The number of rotatable bonds is 8. The summed E-state index contributed by atoms with van der Waals surface area (Å²) in [5.74, 6) is 0.861. The van der Waals surface area contributed by atoms with Crippen molar-refractivity contribution in [1.29, 1.82) is 0 Å². The summed E-state index contributed by atoms with van der Waals surface area (Å²) in [6, 6.07) is 2.66. The zero-order valence-electron chi connectivity index (χ0n) is 16.4. The number of urea groups is 1. The molecule has 10 heteroatoms. The SMILES string of the molecule is CCNC(=O)NC(=O)CN(CC)Cc1nc2cc(OC)c(OC)cc2c(=O)[nH]1. The van der Waals surface area contributed by atoms with Gasteiger partial charge in [-0.05, 0) is 19.5 Å². The van der Waals surface area contributed by atoms with Crippen LogP contribution in [0, 0.1) is 0 Å². The Hall–Kier alpha value is -3.14. The molecule has 0 aliphatic rings. The molecule has 152 valence electrons. The van der Waals surface area contributed by atoms with Crippen LogP contribution in [0.15, 0.2) is 16.9 Å². The number of hydrogen-bond donors (Lipinski definition) is 3. The number of aromatic nitrogens is 2. The summed E-state index contributed by atoms with van der Waals surface area (Å²) in [7, 11) is 2.99. The molecule has 0 aliphatic carbocycles. The Balaban J connectivity index is 2.20. The number of imide groups is 1. The summed E-state index contributed by atoms with van der Waals surface area (Å²) in [6.45, 7) is 4.80. The monoisotopic (exact) mass is 391 g/mol. The van der Waals surface area contributed by atoms with Crippen LogP contribution in [0.25, 0.3) is 10.9 Å². The molecule has 1 heterocycles. The van der Waals surface area contributed by atoms with Gasteiger partial charge in [-0.15, -0.1) is 0 Å². The van der Waals surface area contributed by atoms with Crippen molar-refractivity contribution in [3.63, 3.8) is 0 Å². The smallest absolute Gasteiger partial charge is 0.321 e. The number of fused-ring (bicyclic) bond motifs is 1. The number of carbonyl (C=O) groups is 2. The highest BCUT2D eigenvalue weighted by molar-refractivity contribution is 5.95. The maximum Gasteiger partial charge on any atom is 0.321 e. The standard InChI is InChI=1S/C18H25N5O5/c1-5-19-18(26)22-16(24)10-23(6-2)9-15-20-12-8-14(28-4)13(27-3)7-11(12)17(25)21-15/h7-8H,5-6,9-10H2,1-4H3,(H,20,21,25)(H2,19,22,24,26). The Morgan fingerprint density at radius 2 is 1.86 bits per heavy atom. The van der Waals surface area contributed by atoms with E-state index in [2.05, 4.69) is 20.6 Å². The number of carbonyl (C=O) groups excluding carboxylic acids is 2. The number of benzene rings is 1. The Kier molecular flexibility index (Phi) is 7.33. The lowest BCUT2D eigenvalue weighted by Crippen LogP contribution is -2.44. The summed E-state index contributed by atoms with van der Waals surface area (Å²) in [6.07, 6.45) is 0. The van der Waals surface area contributed by atoms with Gasteiger partial charge in [0.1, 0.15) is 5.82 Å². The number of amides is 3. The van der Waals surface area contributed by atoms with Crippen LogP contribution < -0.4 is 25.7 Å². The van der Waals surface area contributed by atoms with Gasteiger partial charge in [-0.1, -0.05) is 6.92 Å². The van der Waals surface area contributed by atoms with Crippen molar-refractivity contribution in [3.05, 3.63) is 28.3 Å². The third-order valence-electron chi connectivity index (χ3n) is 4.04. The summed E-state index contributed by atoms with van der Waals surface area (Å²) in [5.41, 5.74) is 0.142. The fourth-order valence-corrected chi connectivity index (χ4v) is 2.65. The first kappa shape index (κ1) is 21.2. The number of H-pyrrole nitrogens is 1. The van der Waals surface area contributed by atoms with Crippen molar-refractivity contribution in [2.75, 3.05) is 33.9 Å². The van der Waals surface area contributed by atoms with Crippen LogP contribution in [-0.4, -0.2) is 60.7 Å². The highest BCUT2D eigenvalue weighted by atomic mass is 16.5. The highest BCUT2D eigenvalue weighted by Gasteiger charge is 2.15. The average molecular weight is 391 g/mol. The summed E-state index contributed by atoms with van der Waals surface area (Å²) < 4.78 is 10.5. The molecule has 0 radical (unpaired) electrons. The molecule has 0 aliphatic heterocycles. The van der Waals surface area contributed by atoms with Gasteiger partial charge in [-0.2, -0.15) is 0 Å². The lowest BCUT2D eigenvalue weighted by atomic mass is 10.2. The van der Waals surface area contributed by atoms with E-state index < -0.39 is 11.9 Å². The van der Waals surface area contributed by atoms with Gasteiger partial charge in [0.15, 0.2) is 11.5 Å². The molecule has 0 saturated carbocycles. The predicted molar refractivity (Wildman–Crippen MR) is 104 cm³/mol. The topological polar surface area (TPSA) is 126 Å². The molecule has 2 aromatic rings. The lowest BCUT2D eigenvalue weighted by Gasteiger charge is -2.19. The minimum absolute atomic E-state index is 0.0126. The zero-order chi connectivity index (χ0) is 20.7. The van der Waals surface area contributed by atoms with Gasteiger partial charge < -0.3 is 19.8 Å².